The Bertz CT molecular complexity index is 758. The van der Waals surface area contributed by atoms with Crippen molar-refractivity contribution < 1.29 is 9.53 Å². The van der Waals surface area contributed by atoms with Crippen molar-refractivity contribution in [3.05, 3.63) is 47.3 Å². The molecule has 1 saturated heterocycles. The lowest BCUT2D eigenvalue weighted by Crippen LogP contribution is -2.48. The molecule has 0 radical (unpaired) electrons. The van der Waals surface area contributed by atoms with Gasteiger partial charge in [-0.05, 0) is 18.9 Å². The number of carbonyl (C=O) groups excluding carboxylic acids is 1. The Hall–Kier alpha value is -2.25. The predicted molar refractivity (Wildman–Crippen MR) is 96.3 cm³/mol. The molecule has 0 unspecified atom stereocenters. The second-order valence-corrected chi connectivity index (χ2v) is 7.19. The Balaban J connectivity index is 1.25. The molecular weight excluding hydrogens is 330 g/mol. The molecule has 1 aromatic carbocycles. The van der Waals surface area contributed by atoms with Crippen LogP contribution in [0, 0.1) is 6.92 Å². The van der Waals surface area contributed by atoms with Gasteiger partial charge in [0.25, 0.3) is 0 Å². The molecule has 1 N–H and O–H groups in total. The maximum Gasteiger partial charge on any atom is 0.221 e. The highest BCUT2D eigenvalue weighted by molar-refractivity contribution is 5.76. The summed E-state index contributed by atoms with van der Waals surface area (Å²) >= 11 is 0. The van der Waals surface area contributed by atoms with E-state index in [2.05, 4.69) is 51.7 Å². The van der Waals surface area contributed by atoms with Crippen molar-refractivity contribution >= 4 is 5.91 Å². The van der Waals surface area contributed by atoms with Crippen LogP contribution in [0.15, 0.2) is 30.5 Å². The van der Waals surface area contributed by atoms with Crippen LogP contribution in [0.3, 0.4) is 0 Å². The number of amides is 1. The van der Waals surface area contributed by atoms with Crippen LogP contribution in [0.5, 0.6) is 0 Å². The third kappa shape index (κ3) is 3.78. The quantitative estimate of drug-likeness (QED) is 0.879. The average molecular weight is 355 g/mol. The number of piperidine rings is 1. The zero-order valence-electron chi connectivity index (χ0n) is 15.1. The number of rotatable bonds is 5. The third-order valence-corrected chi connectivity index (χ3v) is 5.28. The first-order valence-electron chi connectivity index (χ1n) is 9.24. The van der Waals surface area contributed by atoms with Gasteiger partial charge in [0.2, 0.25) is 5.91 Å². The molecule has 4 rings (SSSR count). The van der Waals surface area contributed by atoms with Crippen LogP contribution in [-0.2, 0) is 22.7 Å². The van der Waals surface area contributed by atoms with Crippen LogP contribution in [0.25, 0.3) is 0 Å². The number of carbonyl (C=O) groups is 1. The molecule has 2 aliphatic rings. The topological polar surface area (TPSA) is 72.3 Å². The van der Waals surface area contributed by atoms with E-state index in [9.17, 15) is 4.79 Å². The summed E-state index contributed by atoms with van der Waals surface area (Å²) < 4.78 is 7.93. The molecule has 3 heterocycles. The minimum atomic E-state index is 0.0917. The highest BCUT2D eigenvalue weighted by atomic mass is 16.5. The van der Waals surface area contributed by atoms with Crippen LogP contribution < -0.4 is 5.32 Å². The number of ether oxygens (including phenoxy) is 1. The van der Waals surface area contributed by atoms with E-state index in [4.69, 9.17) is 4.74 Å². The Morgan fingerprint density at radius 1 is 1.35 bits per heavy atom. The van der Waals surface area contributed by atoms with Crippen molar-refractivity contribution in [2.75, 3.05) is 19.6 Å². The molecule has 1 amide bonds. The molecule has 138 valence electrons. The predicted octanol–water partition coefficient (Wildman–Crippen LogP) is 1.44. The monoisotopic (exact) mass is 355 g/mol. The molecule has 1 fully saturated rings. The lowest BCUT2D eigenvalue weighted by Gasteiger charge is -2.40. The molecule has 2 aliphatic heterocycles. The van der Waals surface area contributed by atoms with Crippen molar-refractivity contribution in [1.29, 1.82) is 0 Å². The Labute approximate surface area is 153 Å². The van der Waals surface area contributed by atoms with Crippen molar-refractivity contribution in [3.63, 3.8) is 0 Å². The van der Waals surface area contributed by atoms with Gasteiger partial charge in [-0.3, -0.25) is 4.79 Å². The first-order chi connectivity index (χ1) is 12.7. The fourth-order valence-electron chi connectivity index (χ4n) is 3.70. The number of nitrogens with one attached hydrogen (secondary N) is 1. The van der Waals surface area contributed by atoms with Gasteiger partial charge in [0.1, 0.15) is 0 Å². The minimum absolute atomic E-state index is 0.0917. The van der Waals surface area contributed by atoms with Crippen molar-refractivity contribution in [2.45, 2.75) is 45.1 Å². The summed E-state index contributed by atoms with van der Waals surface area (Å²) in [6.07, 6.45) is 3.45. The molecule has 2 aromatic rings. The minimum Gasteiger partial charge on any atom is -0.370 e. The van der Waals surface area contributed by atoms with Gasteiger partial charge >= 0.3 is 0 Å². The molecule has 7 nitrogen and oxygen atoms in total. The van der Waals surface area contributed by atoms with Crippen molar-refractivity contribution in [1.82, 2.24) is 25.2 Å². The summed E-state index contributed by atoms with van der Waals surface area (Å²) in [5, 5.41) is 11.2. The Morgan fingerprint density at radius 3 is 3.04 bits per heavy atom. The number of benzene rings is 1. The first kappa shape index (κ1) is 17.2. The Kier molecular flexibility index (Phi) is 4.99. The molecule has 0 spiro atoms. The van der Waals surface area contributed by atoms with Gasteiger partial charge in [-0.1, -0.05) is 35.0 Å². The third-order valence-electron chi connectivity index (χ3n) is 5.28. The van der Waals surface area contributed by atoms with Crippen LogP contribution in [0.1, 0.15) is 35.7 Å². The maximum absolute atomic E-state index is 12.2. The van der Waals surface area contributed by atoms with Gasteiger partial charge in [-0.15, -0.1) is 5.10 Å². The molecule has 0 aliphatic carbocycles. The summed E-state index contributed by atoms with van der Waals surface area (Å²) in [4.78, 5) is 14.5. The number of aryl methyl sites for hydroxylation is 1. The van der Waals surface area contributed by atoms with Gasteiger partial charge in [-0.25, -0.2) is 4.68 Å². The smallest absolute Gasteiger partial charge is 0.221 e. The van der Waals surface area contributed by atoms with E-state index in [0.29, 0.717) is 19.6 Å². The fraction of sp³-hybridized carbons (Fsp3) is 0.526. The van der Waals surface area contributed by atoms with E-state index in [-0.39, 0.29) is 18.1 Å². The highest BCUT2D eigenvalue weighted by Crippen LogP contribution is 2.29. The zero-order valence-corrected chi connectivity index (χ0v) is 15.1. The number of nitrogens with zero attached hydrogens (tertiary/aromatic N) is 4. The summed E-state index contributed by atoms with van der Waals surface area (Å²) in [7, 11) is 0. The summed E-state index contributed by atoms with van der Waals surface area (Å²) in [5.74, 6) is 0.0917. The van der Waals surface area contributed by atoms with E-state index in [0.717, 1.165) is 37.3 Å². The SMILES string of the molecule is Cc1ccc(CNC(=O)CCN2CC[C@@H]3OCc4cnnn4[C@H]3C2)cc1. The molecule has 2 atom stereocenters. The van der Waals surface area contributed by atoms with E-state index in [1.165, 1.54) is 5.56 Å². The number of hydrogen-bond acceptors (Lipinski definition) is 5. The van der Waals surface area contributed by atoms with Crippen LogP contribution in [-0.4, -0.2) is 51.5 Å². The molecule has 0 bridgehead atoms. The molecule has 7 heteroatoms. The molecular formula is C19H25N5O2. The fourth-order valence-corrected chi connectivity index (χ4v) is 3.70. The van der Waals surface area contributed by atoms with E-state index in [1.54, 1.807) is 6.20 Å². The largest absolute Gasteiger partial charge is 0.370 e. The zero-order chi connectivity index (χ0) is 17.9. The maximum atomic E-state index is 12.2. The summed E-state index contributed by atoms with van der Waals surface area (Å²) in [5.41, 5.74) is 3.39. The van der Waals surface area contributed by atoms with E-state index in [1.807, 2.05) is 4.68 Å². The number of fused-ring (bicyclic) bond motifs is 3. The second-order valence-electron chi connectivity index (χ2n) is 7.19. The molecule has 0 saturated carbocycles. The lowest BCUT2D eigenvalue weighted by atomic mass is 10.0. The van der Waals surface area contributed by atoms with Gasteiger partial charge < -0.3 is 15.0 Å². The molecule has 26 heavy (non-hydrogen) atoms. The van der Waals surface area contributed by atoms with Crippen molar-refractivity contribution in [2.24, 2.45) is 0 Å². The van der Waals surface area contributed by atoms with E-state index < -0.39 is 0 Å². The highest BCUT2D eigenvalue weighted by Gasteiger charge is 2.36. The van der Waals surface area contributed by atoms with Gasteiger partial charge in [0.15, 0.2) is 0 Å². The summed E-state index contributed by atoms with van der Waals surface area (Å²) in [6.45, 7) is 5.80. The standard InChI is InChI=1S/C19H25N5O2/c1-14-2-4-15(5-3-14)10-20-19(25)7-9-23-8-6-18-17(12-23)24-16(13-26-18)11-21-22-24/h2-5,11,17-18H,6-10,12-13H2,1H3,(H,20,25)/t17-,18-/m0/s1. The molecule has 1 aromatic heterocycles. The van der Waals surface area contributed by atoms with Crippen LogP contribution >= 0.6 is 0 Å². The van der Waals surface area contributed by atoms with Crippen LogP contribution in [0.4, 0.5) is 0 Å². The Morgan fingerprint density at radius 2 is 2.19 bits per heavy atom. The van der Waals surface area contributed by atoms with Crippen LogP contribution in [0.2, 0.25) is 0 Å². The normalized spacial score (nSPS) is 22.5. The number of hydrogen-bond donors (Lipinski definition) is 1. The van der Waals surface area contributed by atoms with Crippen molar-refractivity contribution in [3.8, 4) is 0 Å². The average Bonchev–Trinajstić information content (AvgIpc) is 3.15. The van der Waals surface area contributed by atoms with Gasteiger partial charge in [-0.2, -0.15) is 0 Å². The first-order valence-corrected chi connectivity index (χ1v) is 9.24. The van der Waals surface area contributed by atoms with Gasteiger partial charge in [0.05, 0.1) is 30.6 Å². The van der Waals surface area contributed by atoms with E-state index >= 15 is 0 Å². The van der Waals surface area contributed by atoms with Gasteiger partial charge in [0, 0.05) is 32.6 Å². The summed E-state index contributed by atoms with van der Waals surface area (Å²) in [6, 6.07) is 8.44. The number of likely N-dealkylation sites (tertiary alicyclic amines) is 1. The lowest BCUT2D eigenvalue weighted by molar-refractivity contribution is -0.122. The second kappa shape index (κ2) is 7.55. The number of aromatic nitrogens is 3.